The van der Waals surface area contributed by atoms with Crippen molar-refractivity contribution in [3.05, 3.63) is 29.8 Å². The van der Waals surface area contributed by atoms with Crippen LogP contribution >= 0.6 is 12.4 Å². The monoisotopic (exact) mass is 427 g/mol. The third-order valence-corrected chi connectivity index (χ3v) is 8.10. The Balaban J connectivity index is 0.00000225. The highest BCUT2D eigenvalue weighted by atomic mass is 35.5. The highest BCUT2D eigenvalue weighted by Gasteiger charge is 2.38. The molecule has 3 aliphatic rings. The molecule has 0 spiro atoms. The SMILES string of the molecule is CC1CC(C)CN(S(=O)(=O)c2ccc(C(=O)N3C[C@H]4CNC[C@H]4C3)cc2)C1.Cl. The molecule has 4 atom stereocenters. The Hall–Kier alpha value is -1.15. The fourth-order valence-corrected chi connectivity index (χ4v) is 6.60. The number of sulfonamides is 1. The second-order valence-corrected chi connectivity index (χ2v) is 10.6. The van der Waals surface area contributed by atoms with E-state index >= 15 is 0 Å². The number of likely N-dealkylation sites (tertiary alicyclic amines) is 1. The standard InChI is InChI=1S/C20H29N3O3S.ClH/c1-14-7-15(2)11-23(10-14)27(25,26)19-5-3-16(4-6-19)20(24)22-12-17-8-21-9-18(17)13-22;/h3-6,14-15,17-18,21H,7-13H2,1-2H3;1H/t14?,15?,17-,18+;. The Bertz CT molecular complexity index is 792. The van der Waals surface area contributed by atoms with Gasteiger partial charge in [0.15, 0.2) is 0 Å². The molecule has 6 nitrogen and oxygen atoms in total. The molecule has 0 radical (unpaired) electrons. The van der Waals surface area contributed by atoms with E-state index in [4.69, 9.17) is 0 Å². The first-order valence-electron chi connectivity index (χ1n) is 9.95. The summed E-state index contributed by atoms with van der Waals surface area (Å²) in [5, 5.41) is 3.38. The summed E-state index contributed by atoms with van der Waals surface area (Å²) in [7, 11) is -3.50. The van der Waals surface area contributed by atoms with Gasteiger partial charge in [0.05, 0.1) is 4.90 Å². The molecule has 1 aromatic carbocycles. The lowest BCUT2D eigenvalue weighted by molar-refractivity contribution is 0.0781. The van der Waals surface area contributed by atoms with Crippen LogP contribution in [-0.2, 0) is 10.0 Å². The summed E-state index contributed by atoms with van der Waals surface area (Å²) < 4.78 is 27.5. The van der Waals surface area contributed by atoms with Crippen molar-refractivity contribution in [3.8, 4) is 0 Å². The van der Waals surface area contributed by atoms with E-state index in [-0.39, 0.29) is 23.2 Å². The number of hydrogen-bond donors (Lipinski definition) is 1. The zero-order valence-corrected chi connectivity index (χ0v) is 18.1. The van der Waals surface area contributed by atoms with Crippen LogP contribution in [0.15, 0.2) is 29.2 Å². The number of nitrogens with one attached hydrogen (secondary N) is 1. The quantitative estimate of drug-likeness (QED) is 0.801. The second-order valence-electron chi connectivity index (χ2n) is 8.68. The van der Waals surface area contributed by atoms with E-state index in [0.717, 1.165) is 32.6 Å². The topological polar surface area (TPSA) is 69.7 Å². The third kappa shape index (κ3) is 4.08. The number of benzene rings is 1. The van der Waals surface area contributed by atoms with Gasteiger partial charge in [0.25, 0.3) is 5.91 Å². The summed E-state index contributed by atoms with van der Waals surface area (Å²) in [6.07, 6.45) is 1.06. The number of carbonyl (C=O) groups excluding carboxylic acids is 1. The van der Waals surface area contributed by atoms with Gasteiger partial charge in [0, 0.05) is 44.8 Å². The Morgan fingerprint density at radius 2 is 1.50 bits per heavy atom. The van der Waals surface area contributed by atoms with E-state index in [2.05, 4.69) is 19.2 Å². The molecule has 2 unspecified atom stereocenters. The molecule has 1 N–H and O–H groups in total. The van der Waals surface area contributed by atoms with Crippen LogP contribution < -0.4 is 5.32 Å². The predicted octanol–water partition coefficient (Wildman–Crippen LogP) is 2.07. The number of fused-ring (bicyclic) bond motifs is 1. The molecule has 3 aliphatic heterocycles. The molecule has 3 fully saturated rings. The molecule has 28 heavy (non-hydrogen) atoms. The predicted molar refractivity (Wildman–Crippen MR) is 111 cm³/mol. The van der Waals surface area contributed by atoms with Crippen LogP contribution in [0, 0.1) is 23.7 Å². The number of nitrogens with zero attached hydrogens (tertiary/aromatic N) is 2. The zero-order valence-electron chi connectivity index (χ0n) is 16.5. The van der Waals surface area contributed by atoms with Gasteiger partial charge in [-0.2, -0.15) is 4.31 Å². The average Bonchev–Trinajstić information content (AvgIpc) is 3.22. The Morgan fingerprint density at radius 3 is 2.04 bits per heavy atom. The molecular weight excluding hydrogens is 398 g/mol. The van der Waals surface area contributed by atoms with Crippen LogP contribution in [0.4, 0.5) is 0 Å². The van der Waals surface area contributed by atoms with Gasteiger partial charge in [-0.1, -0.05) is 13.8 Å². The highest BCUT2D eigenvalue weighted by molar-refractivity contribution is 7.89. The van der Waals surface area contributed by atoms with Gasteiger partial charge in [0.2, 0.25) is 10.0 Å². The summed E-state index contributed by atoms with van der Waals surface area (Å²) in [6, 6.07) is 6.51. The molecule has 1 amide bonds. The number of rotatable bonds is 3. The van der Waals surface area contributed by atoms with Gasteiger partial charge in [-0.05, 0) is 54.4 Å². The summed E-state index contributed by atoms with van der Waals surface area (Å²) in [6.45, 7) is 8.88. The van der Waals surface area contributed by atoms with Crippen molar-refractivity contribution < 1.29 is 13.2 Å². The fraction of sp³-hybridized carbons (Fsp3) is 0.650. The largest absolute Gasteiger partial charge is 0.338 e. The Labute approximate surface area is 174 Å². The number of hydrogen-bond acceptors (Lipinski definition) is 4. The minimum Gasteiger partial charge on any atom is -0.338 e. The lowest BCUT2D eigenvalue weighted by atomic mass is 9.94. The van der Waals surface area contributed by atoms with Crippen molar-refractivity contribution >= 4 is 28.3 Å². The van der Waals surface area contributed by atoms with E-state index < -0.39 is 10.0 Å². The lowest BCUT2D eigenvalue weighted by Gasteiger charge is -2.34. The molecule has 1 aromatic rings. The van der Waals surface area contributed by atoms with Gasteiger partial charge >= 0.3 is 0 Å². The van der Waals surface area contributed by atoms with Crippen LogP contribution in [0.25, 0.3) is 0 Å². The van der Waals surface area contributed by atoms with E-state index in [9.17, 15) is 13.2 Å². The summed E-state index contributed by atoms with van der Waals surface area (Å²) in [5.74, 6) is 1.85. The van der Waals surface area contributed by atoms with Crippen molar-refractivity contribution in [1.29, 1.82) is 0 Å². The maximum Gasteiger partial charge on any atom is 0.253 e. The zero-order chi connectivity index (χ0) is 19.2. The van der Waals surface area contributed by atoms with Gasteiger partial charge < -0.3 is 10.2 Å². The van der Waals surface area contributed by atoms with E-state index in [1.807, 2.05) is 4.90 Å². The van der Waals surface area contributed by atoms with Crippen molar-refractivity contribution in [1.82, 2.24) is 14.5 Å². The summed E-state index contributed by atoms with van der Waals surface area (Å²) >= 11 is 0. The average molecular weight is 428 g/mol. The van der Waals surface area contributed by atoms with E-state index in [1.165, 1.54) is 0 Å². The molecule has 3 saturated heterocycles. The molecule has 3 heterocycles. The van der Waals surface area contributed by atoms with E-state index in [0.29, 0.717) is 42.3 Å². The first-order valence-corrected chi connectivity index (χ1v) is 11.4. The maximum atomic E-state index is 13.0. The minimum atomic E-state index is -3.50. The van der Waals surface area contributed by atoms with Crippen LogP contribution in [0.3, 0.4) is 0 Å². The fourth-order valence-electron chi connectivity index (χ4n) is 4.92. The van der Waals surface area contributed by atoms with Crippen molar-refractivity contribution in [3.63, 3.8) is 0 Å². The third-order valence-electron chi connectivity index (χ3n) is 6.25. The normalized spacial score (nSPS) is 30.7. The maximum absolute atomic E-state index is 13.0. The van der Waals surface area contributed by atoms with Crippen molar-refractivity contribution in [2.75, 3.05) is 39.3 Å². The summed E-state index contributed by atoms with van der Waals surface area (Å²) in [5.41, 5.74) is 0.572. The van der Waals surface area contributed by atoms with Crippen LogP contribution in [0.2, 0.25) is 0 Å². The minimum absolute atomic E-state index is 0. The second kappa shape index (κ2) is 8.30. The molecule has 0 aromatic heterocycles. The number of amides is 1. The molecular formula is C20H30ClN3O3S. The lowest BCUT2D eigenvalue weighted by Crippen LogP contribution is -2.42. The Kier molecular flexibility index (Phi) is 6.39. The number of piperidine rings is 1. The van der Waals surface area contributed by atoms with Gasteiger partial charge in [0.1, 0.15) is 0 Å². The van der Waals surface area contributed by atoms with Crippen molar-refractivity contribution in [2.45, 2.75) is 25.2 Å². The van der Waals surface area contributed by atoms with E-state index in [1.54, 1.807) is 28.6 Å². The molecule has 0 aliphatic carbocycles. The van der Waals surface area contributed by atoms with Crippen molar-refractivity contribution in [2.24, 2.45) is 23.7 Å². The first kappa shape index (κ1) is 21.6. The van der Waals surface area contributed by atoms with Gasteiger partial charge in [-0.15, -0.1) is 12.4 Å². The van der Waals surface area contributed by atoms with Gasteiger partial charge in [-0.3, -0.25) is 4.79 Å². The highest BCUT2D eigenvalue weighted by Crippen LogP contribution is 2.29. The number of halogens is 1. The molecule has 4 rings (SSSR count). The van der Waals surface area contributed by atoms with Crippen LogP contribution in [-0.4, -0.2) is 62.8 Å². The smallest absolute Gasteiger partial charge is 0.253 e. The molecule has 8 heteroatoms. The first-order chi connectivity index (χ1) is 12.8. The van der Waals surface area contributed by atoms with Crippen LogP contribution in [0.5, 0.6) is 0 Å². The van der Waals surface area contributed by atoms with Gasteiger partial charge in [-0.25, -0.2) is 8.42 Å². The van der Waals surface area contributed by atoms with Crippen LogP contribution in [0.1, 0.15) is 30.6 Å². The molecule has 156 valence electrons. The molecule has 0 bridgehead atoms. The number of carbonyl (C=O) groups is 1. The Morgan fingerprint density at radius 1 is 0.964 bits per heavy atom. The summed E-state index contributed by atoms with van der Waals surface area (Å²) in [4.78, 5) is 15.0. The molecule has 0 saturated carbocycles.